The standard InChI is InChI=1S/C19H28N4O6/c1-19(2,3)29-17(26)22-14(15(24)25)10-7-11-23(16(20)21)18(27)28-12-13-8-5-4-6-9-13/h4-6,8-9,14H,7,10-12H2,1-3H3,(H3,20,21)(H,22,26)(H,24,25). The Morgan fingerprint density at radius 2 is 1.86 bits per heavy atom. The predicted octanol–water partition coefficient (Wildman–Crippen LogP) is 2.28. The minimum atomic E-state index is -1.24. The van der Waals surface area contributed by atoms with E-state index in [0.29, 0.717) is 0 Å². The Morgan fingerprint density at radius 3 is 2.38 bits per heavy atom. The highest BCUT2D eigenvalue weighted by Gasteiger charge is 2.25. The highest BCUT2D eigenvalue weighted by atomic mass is 16.6. The van der Waals surface area contributed by atoms with Crippen LogP contribution in [-0.4, -0.2) is 52.3 Å². The van der Waals surface area contributed by atoms with E-state index in [1.54, 1.807) is 45.0 Å². The summed E-state index contributed by atoms with van der Waals surface area (Å²) in [5, 5.41) is 19.1. The van der Waals surface area contributed by atoms with Crippen LogP contribution in [0, 0.1) is 5.41 Å². The summed E-state index contributed by atoms with van der Waals surface area (Å²) in [4.78, 5) is 36.2. The topological polar surface area (TPSA) is 155 Å². The van der Waals surface area contributed by atoms with Crippen LogP contribution in [0.4, 0.5) is 9.59 Å². The summed E-state index contributed by atoms with van der Waals surface area (Å²) in [6.07, 6.45) is -1.50. The van der Waals surface area contributed by atoms with Crippen molar-refractivity contribution in [2.24, 2.45) is 5.73 Å². The number of carboxylic acid groups (broad SMARTS) is 1. The Labute approximate surface area is 169 Å². The molecule has 0 bridgehead atoms. The fourth-order valence-corrected chi connectivity index (χ4v) is 2.27. The van der Waals surface area contributed by atoms with Gasteiger partial charge in [-0.15, -0.1) is 0 Å². The van der Waals surface area contributed by atoms with Gasteiger partial charge in [-0.1, -0.05) is 30.3 Å². The number of aliphatic carboxylic acids is 1. The summed E-state index contributed by atoms with van der Waals surface area (Å²) in [5.74, 6) is -1.76. The lowest BCUT2D eigenvalue weighted by Gasteiger charge is -2.23. The molecule has 1 aromatic carbocycles. The lowest BCUT2D eigenvalue weighted by atomic mass is 10.1. The summed E-state index contributed by atoms with van der Waals surface area (Å²) in [6.45, 7) is 4.96. The van der Waals surface area contributed by atoms with Crippen LogP contribution in [0.2, 0.25) is 0 Å². The average Bonchev–Trinajstić information content (AvgIpc) is 2.61. The molecule has 10 heteroatoms. The summed E-state index contributed by atoms with van der Waals surface area (Å²) >= 11 is 0. The predicted molar refractivity (Wildman–Crippen MR) is 105 cm³/mol. The molecule has 1 rings (SSSR count). The molecule has 10 nitrogen and oxygen atoms in total. The third-order valence-corrected chi connectivity index (χ3v) is 3.58. The van der Waals surface area contributed by atoms with Crippen LogP contribution in [-0.2, 0) is 20.9 Å². The molecule has 0 heterocycles. The zero-order valence-corrected chi connectivity index (χ0v) is 16.8. The quantitative estimate of drug-likeness (QED) is 0.380. The molecular weight excluding hydrogens is 380 g/mol. The number of nitrogens with zero attached hydrogens (tertiary/aromatic N) is 1. The smallest absolute Gasteiger partial charge is 0.416 e. The molecule has 0 radical (unpaired) electrons. The molecule has 0 spiro atoms. The van der Waals surface area contributed by atoms with Crippen LogP contribution in [0.15, 0.2) is 30.3 Å². The molecule has 0 aliphatic carbocycles. The average molecular weight is 408 g/mol. The number of amides is 2. The van der Waals surface area contributed by atoms with Gasteiger partial charge in [-0.3, -0.25) is 5.41 Å². The van der Waals surface area contributed by atoms with Gasteiger partial charge in [0.05, 0.1) is 0 Å². The molecule has 0 fully saturated rings. The maximum atomic E-state index is 12.2. The van der Waals surface area contributed by atoms with E-state index in [2.05, 4.69) is 5.32 Å². The molecule has 5 N–H and O–H groups in total. The molecule has 29 heavy (non-hydrogen) atoms. The van der Waals surface area contributed by atoms with Crippen LogP contribution in [0.25, 0.3) is 0 Å². The molecule has 0 aliphatic rings. The summed E-state index contributed by atoms with van der Waals surface area (Å²) in [7, 11) is 0. The Balaban J connectivity index is 2.56. The van der Waals surface area contributed by atoms with E-state index in [4.69, 9.17) is 20.6 Å². The van der Waals surface area contributed by atoms with Crippen molar-refractivity contribution in [2.75, 3.05) is 6.54 Å². The molecule has 0 saturated heterocycles. The summed E-state index contributed by atoms with van der Waals surface area (Å²) in [6, 6.07) is 7.79. The molecule has 2 amide bonds. The Morgan fingerprint density at radius 1 is 1.24 bits per heavy atom. The second-order valence-corrected chi connectivity index (χ2v) is 7.26. The fourth-order valence-electron chi connectivity index (χ4n) is 2.27. The first-order valence-electron chi connectivity index (χ1n) is 9.04. The zero-order valence-electron chi connectivity index (χ0n) is 16.8. The van der Waals surface area contributed by atoms with Crippen molar-refractivity contribution in [3.8, 4) is 0 Å². The maximum Gasteiger partial charge on any atom is 0.416 e. The van der Waals surface area contributed by atoms with Gasteiger partial charge in [-0.05, 0) is 39.2 Å². The summed E-state index contributed by atoms with van der Waals surface area (Å²) < 4.78 is 10.2. The lowest BCUT2D eigenvalue weighted by molar-refractivity contribution is -0.139. The molecule has 1 unspecified atom stereocenters. The van der Waals surface area contributed by atoms with Crippen LogP contribution in [0.3, 0.4) is 0 Å². The number of ether oxygens (including phenoxy) is 2. The molecule has 0 aliphatic heterocycles. The van der Waals surface area contributed by atoms with E-state index in [9.17, 15) is 19.5 Å². The number of nitrogens with one attached hydrogen (secondary N) is 2. The van der Waals surface area contributed by atoms with Gasteiger partial charge >= 0.3 is 18.2 Å². The highest BCUT2D eigenvalue weighted by molar-refractivity contribution is 5.91. The van der Waals surface area contributed by atoms with Crippen molar-refractivity contribution < 1.29 is 29.0 Å². The van der Waals surface area contributed by atoms with Gasteiger partial charge in [0.1, 0.15) is 18.2 Å². The highest BCUT2D eigenvalue weighted by Crippen LogP contribution is 2.09. The fraction of sp³-hybridized carbons (Fsp3) is 0.474. The number of carbonyl (C=O) groups is 3. The third-order valence-electron chi connectivity index (χ3n) is 3.58. The monoisotopic (exact) mass is 408 g/mol. The number of hydrogen-bond acceptors (Lipinski definition) is 6. The van der Waals surface area contributed by atoms with Crippen LogP contribution in [0.5, 0.6) is 0 Å². The molecule has 1 atom stereocenters. The molecule has 160 valence electrons. The summed E-state index contributed by atoms with van der Waals surface area (Å²) in [5.41, 5.74) is 5.45. The number of alkyl carbamates (subject to hydrolysis) is 1. The van der Waals surface area contributed by atoms with Crippen molar-refractivity contribution in [2.45, 2.75) is 51.9 Å². The van der Waals surface area contributed by atoms with Gasteiger partial charge < -0.3 is 25.6 Å². The Hall–Kier alpha value is -3.30. The van der Waals surface area contributed by atoms with E-state index < -0.39 is 35.8 Å². The van der Waals surface area contributed by atoms with Crippen molar-refractivity contribution >= 4 is 24.1 Å². The number of carboxylic acids is 1. The van der Waals surface area contributed by atoms with Crippen molar-refractivity contribution in [3.05, 3.63) is 35.9 Å². The van der Waals surface area contributed by atoms with Crippen LogP contribution >= 0.6 is 0 Å². The maximum absolute atomic E-state index is 12.2. The third kappa shape index (κ3) is 9.45. The lowest BCUT2D eigenvalue weighted by Crippen LogP contribution is -2.45. The number of nitrogens with two attached hydrogens (primary N) is 1. The first kappa shape index (κ1) is 23.7. The number of guanidine groups is 1. The minimum Gasteiger partial charge on any atom is -0.480 e. The molecule has 0 aromatic heterocycles. The van der Waals surface area contributed by atoms with Crippen LogP contribution < -0.4 is 11.1 Å². The van der Waals surface area contributed by atoms with Crippen molar-refractivity contribution in [1.82, 2.24) is 10.2 Å². The minimum absolute atomic E-state index is 0.00429. The first-order valence-corrected chi connectivity index (χ1v) is 9.04. The second-order valence-electron chi connectivity index (χ2n) is 7.26. The van der Waals surface area contributed by atoms with Crippen molar-refractivity contribution in [1.29, 1.82) is 5.41 Å². The molecule has 0 saturated carbocycles. The largest absolute Gasteiger partial charge is 0.480 e. The van der Waals surface area contributed by atoms with Crippen molar-refractivity contribution in [3.63, 3.8) is 0 Å². The molecular formula is C19H28N4O6. The normalized spacial score (nSPS) is 11.8. The number of benzene rings is 1. The van der Waals surface area contributed by atoms with Gasteiger partial charge in [0.15, 0.2) is 5.96 Å². The van der Waals surface area contributed by atoms with Gasteiger partial charge in [0.25, 0.3) is 0 Å². The Kier molecular flexibility index (Phi) is 8.91. The zero-order chi connectivity index (χ0) is 22.0. The van der Waals surface area contributed by atoms with Gasteiger partial charge in [-0.2, -0.15) is 0 Å². The Bertz CT molecular complexity index is 717. The first-order chi connectivity index (χ1) is 13.5. The van der Waals surface area contributed by atoms with E-state index in [-0.39, 0.29) is 26.0 Å². The van der Waals surface area contributed by atoms with E-state index >= 15 is 0 Å². The van der Waals surface area contributed by atoms with E-state index in [1.807, 2.05) is 6.07 Å². The molecule has 1 aromatic rings. The van der Waals surface area contributed by atoms with Gasteiger partial charge in [0.2, 0.25) is 0 Å². The van der Waals surface area contributed by atoms with E-state index in [0.717, 1.165) is 10.5 Å². The van der Waals surface area contributed by atoms with Gasteiger partial charge in [-0.25, -0.2) is 19.3 Å². The van der Waals surface area contributed by atoms with Crippen LogP contribution in [0.1, 0.15) is 39.2 Å². The number of carbonyl (C=O) groups excluding carboxylic acids is 2. The number of hydrogen-bond donors (Lipinski definition) is 4. The van der Waals surface area contributed by atoms with Gasteiger partial charge in [0, 0.05) is 6.54 Å². The second kappa shape index (κ2) is 10.9. The van der Waals surface area contributed by atoms with E-state index in [1.165, 1.54) is 0 Å². The number of rotatable bonds is 8. The SMILES string of the molecule is CC(C)(C)OC(=O)NC(CCCN(C(=N)N)C(=O)OCc1ccccc1)C(=O)O.